The predicted octanol–water partition coefficient (Wildman–Crippen LogP) is 2.63. The van der Waals surface area contributed by atoms with E-state index in [4.69, 9.17) is 0 Å². The monoisotopic (exact) mass is 194 g/mol. The Labute approximate surface area is 83.7 Å². The van der Waals surface area contributed by atoms with Crippen LogP contribution in [0.4, 0.5) is 5.69 Å². The Morgan fingerprint density at radius 1 is 1.38 bits per heavy atom. The van der Waals surface area contributed by atoms with Crippen molar-refractivity contribution in [1.29, 1.82) is 0 Å². The van der Waals surface area contributed by atoms with Crippen LogP contribution in [0, 0.1) is 0 Å². The fraction of sp³-hybridized carbons (Fsp3) is 0.300. The van der Waals surface area contributed by atoms with Crippen molar-refractivity contribution in [2.24, 2.45) is 4.99 Å². The van der Waals surface area contributed by atoms with Crippen molar-refractivity contribution >= 4 is 23.8 Å². The molecule has 2 nitrogen and oxygen atoms in total. The average Bonchev–Trinajstić information content (AvgIpc) is 2.15. The van der Waals surface area contributed by atoms with Gasteiger partial charge in [0.05, 0.1) is 12.0 Å². The molecule has 0 aliphatic rings. The second kappa shape index (κ2) is 4.92. The Bertz CT molecular complexity index is 295. The van der Waals surface area contributed by atoms with Crippen LogP contribution in [0.3, 0.4) is 0 Å². The second-order valence-electron chi connectivity index (χ2n) is 2.91. The number of benzene rings is 1. The maximum Gasteiger partial charge on any atom is 0.0907 e. The lowest BCUT2D eigenvalue weighted by atomic mass is 10.3. The van der Waals surface area contributed by atoms with Gasteiger partial charge in [-0.1, -0.05) is 6.07 Å². The van der Waals surface area contributed by atoms with E-state index in [0.29, 0.717) is 0 Å². The van der Waals surface area contributed by atoms with Crippen molar-refractivity contribution in [3.63, 3.8) is 0 Å². The highest BCUT2D eigenvalue weighted by Crippen LogP contribution is 2.20. The number of aliphatic imine (C=N–C) groups is 1. The number of hydrogen-bond donors (Lipinski definition) is 0. The summed E-state index contributed by atoms with van der Waals surface area (Å²) >= 11 is 1.73. The quantitative estimate of drug-likeness (QED) is 0.417. The van der Waals surface area contributed by atoms with Gasteiger partial charge in [-0.25, -0.2) is 4.99 Å². The molecule has 1 aromatic carbocycles. The number of nitrogens with zero attached hydrogens (tertiary/aromatic N) is 2. The third-order valence-corrected chi connectivity index (χ3v) is 2.22. The summed E-state index contributed by atoms with van der Waals surface area (Å²) in [5.74, 6) is 0. The zero-order valence-electron chi connectivity index (χ0n) is 8.19. The van der Waals surface area contributed by atoms with Crippen LogP contribution < -0.4 is 0 Å². The lowest BCUT2D eigenvalue weighted by molar-refractivity contribution is 0.643. The van der Waals surface area contributed by atoms with Gasteiger partial charge in [-0.3, -0.25) is 0 Å². The Balaban J connectivity index is 2.77. The molecule has 13 heavy (non-hydrogen) atoms. The molecule has 0 radical (unpaired) electrons. The van der Waals surface area contributed by atoms with Gasteiger partial charge < -0.3 is 4.90 Å². The highest BCUT2D eigenvalue weighted by Gasteiger charge is 1.91. The Hall–Kier alpha value is -0.960. The zero-order chi connectivity index (χ0) is 9.68. The van der Waals surface area contributed by atoms with Crippen molar-refractivity contribution in [2.45, 2.75) is 4.90 Å². The molecule has 0 saturated carbocycles. The lowest BCUT2D eigenvalue weighted by Crippen LogP contribution is -2.06. The van der Waals surface area contributed by atoms with Gasteiger partial charge >= 0.3 is 0 Å². The highest BCUT2D eigenvalue weighted by molar-refractivity contribution is 7.98. The SMILES string of the molecule is CSc1cccc(N=CN(C)C)c1. The van der Waals surface area contributed by atoms with Crippen molar-refractivity contribution in [3.05, 3.63) is 24.3 Å². The molecule has 0 aliphatic heterocycles. The van der Waals surface area contributed by atoms with E-state index in [2.05, 4.69) is 23.4 Å². The van der Waals surface area contributed by atoms with Crippen molar-refractivity contribution in [1.82, 2.24) is 4.90 Å². The number of rotatable bonds is 3. The second-order valence-corrected chi connectivity index (χ2v) is 3.79. The lowest BCUT2D eigenvalue weighted by Gasteiger charge is -2.02. The van der Waals surface area contributed by atoms with Crippen LogP contribution in [0.5, 0.6) is 0 Å². The van der Waals surface area contributed by atoms with Crippen molar-refractivity contribution in [3.8, 4) is 0 Å². The first-order valence-corrected chi connectivity index (χ1v) is 5.29. The van der Waals surface area contributed by atoms with Gasteiger partial charge in [0.25, 0.3) is 0 Å². The summed E-state index contributed by atoms with van der Waals surface area (Å²) in [7, 11) is 3.92. The normalized spacial score (nSPS) is 10.7. The molecule has 3 heteroatoms. The number of thioether (sulfide) groups is 1. The molecule has 1 aromatic rings. The molecule has 0 atom stereocenters. The Morgan fingerprint density at radius 2 is 2.15 bits per heavy atom. The van der Waals surface area contributed by atoms with Gasteiger partial charge in [-0.05, 0) is 24.5 Å². The van der Waals surface area contributed by atoms with E-state index >= 15 is 0 Å². The van der Waals surface area contributed by atoms with Crippen LogP contribution in [0.2, 0.25) is 0 Å². The first kappa shape index (κ1) is 10.1. The number of hydrogen-bond acceptors (Lipinski definition) is 2. The summed E-state index contributed by atoms with van der Waals surface area (Å²) in [6.45, 7) is 0. The van der Waals surface area contributed by atoms with E-state index in [0.717, 1.165) is 5.69 Å². The molecule has 0 amide bonds. The fourth-order valence-corrected chi connectivity index (χ4v) is 1.33. The van der Waals surface area contributed by atoms with Crippen LogP contribution >= 0.6 is 11.8 Å². The molecule has 0 aromatic heterocycles. The van der Waals surface area contributed by atoms with E-state index in [-0.39, 0.29) is 0 Å². The molecule has 0 heterocycles. The fourth-order valence-electron chi connectivity index (χ4n) is 0.873. The zero-order valence-corrected chi connectivity index (χ0v) is 9.01. The maximum absolute atomic E-state index is 4.30. The van der Waals surface area contributed by atoms with Crippen LogP contribution in [-0.4, -0.2) is 31.6 Å². The van der Waals surface area contributed by atoms with E-state index < -0.39 is 0 Å². The van der Waals surface area contributed by atoms with E-state index in [1.807, 2.05) is 31.1 Å². The molecule has 0 fully saturated rings. The molecule has 70 valence electrons. The van der Waals surface area contributed by atoms with Gasteiger partial charge in [-0.15, -0.1) is 11.8 Å². The highest BCUT2D eigenvalue weighted by atomic mass is 32.2. The van der Waals surface area contributed by atoms with Crippen LogP contribution in [0.25, 0.3) is 0 Å². The Morgan fingerprint density at radius 3 is 2.77 bits per heavy atom. The van der Waals surface area contributed by atoms with Gasteiger partial charge in [0.1, 0.15) is 0 Å². The van der Waals surface area contributed by atoms with E-state index in [1.165, 1.54) is 4.90 Å². The molecule has 0 saturated heterocycles. The van der Waals surface area contributed by atoms with Crippen molar-refractivity contribution in [2.75, 3.05) is 20.4 Å². The summed E-state index contributed by atoms with van der Waals surface area (Å²) in [5.41, 5.74) is 1.00. The molecule has 0 unspecified atom stereocenters. The molecular weight excluding hydrogens is 180 g/mol. The third kappa shape index (κ3) is 3.51. The molecule has 0 N–H and O–H groups in total. The van der Waals surface area contributed by atoms with Crippen molar-refractivity contribution < 1.29 is 0 Å². The first-order chi connectivity index (χ1) is 6.22. The van der Waals surface area contributed by atoms with Crippen LogP contribution in [-0.2, 0) is 0 Å². The largest absolute Gasteiger partial charge is 0.369 e. The van der Waals surface area contributed by atoms with Gasteiger partial charge in [0.2, 0.25) is 0 Å². The van der Waals surface area contributed by atoms with Crippen LogP contribution in [0.15, 0.2) is 34.2 Å². The third-order valence-electron chi connectivity index (χ3n) is 1.49. The van der Waals surface area contributed by atoms with E-state index in [1.54, 1.807) is 18.1 Å². The molecular formula is C10H14N2S. The maximum atomic E-state index is 4.30. The van der Waals surface area contributed by atoms with Gasteiger partial charge in [0, 0.05) is 19.0 Å². The van der Waals surface area contributed by atoms with Gasteiger partial charge in [0.15, 0.2) is 0 Å². The topological polar surface area (TPSA) is 15.6 Å². The summed E-state index contributed by atoms with van der Waals surface area (Å²) in [5, 5.41) is 0. The molecule has 0 aliphatic carbocycles. The summed E-state index contributed by atoms with van der Waals surface area (Å²) in [6.07, 6.45) is 3.87. The minimum Gasteiger partial charge on any atom is -0.369 e. The minimum atomic E-state index is 1.00. The Kier molecular flexibility index (Phi) is 3.83. The molecule has 0 spiro atoms. The van der Waals surface area contributed by atoms with Crippen LogP contribution in [0.1, 0.15) is 0 Å². The van der Waals surface area contributed by atoms with Gasteiger partial charge in [-0.2, -0.15) is 0 Å². The predicted molar refractivity (Wildman–Crippen MR) is 60.1 cm³/mol. The standard InChI is InChI=1S/C10H14N2S/c1-12(2)8-11-9-5-4-6-10(7-9)13-3/h4-8H,1-3H3. The first-order valence-electron chi connectivity index (χ1n) is 4.07. The summed E-state index contributed by atoms with van der Waals surface area (Å²) in [6, 6.07) is 8.18. The molecule has 1 rings (SSSR count). The smallest absolute Gasteiger partial charge is 0.0907 e. The minimum absolute atomic E-state index is 1.00. The molecule has 0 bridgehead atoms. The summed E-state index contributed by atoms with van der Waals surface area (Å²) < 4.78 is 0. The average molecular weight is 194 g/mol. The summed E-state index contributed by atoms with van der Waals surface area (Å²) in [4.78, 5) is 7.47. The van der Waals surface area contributed by atoms with E-state index in [9.17, 15) is 0 Å².